The Labute approximate surface area is 92.2 Å². The van der Waals surface area contributed by atoms with E-state index in [1.54, 1.807) is 7.11 Å². The van der Waals surface area contributed by atoms with E-state index in [0.717, 1.165) is 6.42 Å². The highest BCUT2D eigenvalue weighted by atomic mass is 16.7. The Balaban J connectivity index is 3.50. The van der Waals surface area contributed by atoms with E-state index in [1.165, 1.54) is 0 Å². The first-order valence-electron chi connectivity index (χ1n) is 5.31. The van der Waals surface area contributed by atoms with Gasteiger partial charge in [0.1, 0.15) is 6.79 Å². The first-order valence-corrected chi connectivity index (χ1v) is 5.31. The zero-order valence-electron chi connectivity index (χ0n) is 9.90. The molecule has 0 radical (unpaired) electrons. The van der Waals surface area contributed by atoms with Crippen molar-refractivity contribution >= 4 is 0 Å². The third-order valence-corrected chi connectivity index (χ3v) is 1.59. The average Bonchev–Trinajstić information content (AvgIpc) is 2.24. The van der Waals surface area contributed by atoms with Gasteiger partial charge in [0.15, 0.2) is 6.29 Å². The number of hydrogen-bond donors (Lipinski definition) is 0. The lowest BCUT2D eigenvalue weighted by Crippen LogP contribution is -2.14. The molecule has 0 amide bonds. The zero-order valence-corrected chi connectivity index (χ0v) is 9.90. The molecule has 4 nitrogen and oxygen atoms in total. The summed E-state index contributed by atoms with van der Waals surface area (Å²) >= 11 is 0. The molecule has 0 N–H and O–H groups in total. The Hall–Kier alpha value is -0.420. The summed E-state index contributed by atoms with van der Waals surface area (Å²) in [6, 6.07) is 0. The molecule has 0 aromatic carbocycles. The van der Waals surface area contributed by atoms with Crippen molar-refractivity contribution in [2.45, 2.75) is 26.6 Å². The summed E-state index contributed by atoms with van der Waals surface area (Å²) in [5, 5.41) is 0. The summed E-state index contributed by atoms with van der Waals surface area (Å²) in [7, 11) is 1.61. The molecule has 0 saturated carbocycles. The van der Waals surface area contributed by atoms with Crippen LogP contribution >= 0.6 is 0 Å². The van der Waals surface area contributed by atoms with Crippen molar-refractivity contribution in [3.05, 3.63) is 12.2 Å². The highest BCUT2D eigenvalue weighted by molar-refractivity contribution is 4.85. The van der Waals surface area contributed by atoms with Gasteiger partial charge < -0.3 is 18.9 Å². The normalized spacial score (nSPS) is 11.7. The standard InChI is InChI=1S/C11H22O4/c1-4-14-11(15-5-2)8-6-7-9-13-10-12-3/h6,8,11H,4-5,7,9-10H2,1-3H3. The Bertz CT molecular complexity index is 142. The van der Waals surface area contributed by atoms with Crippen LogP contribution in [0.2, 0.25) is 0 Å². The van der Waals surface area contributed by atoms with Crippen LogP contribution in [0.25, 0.3) is 0 Å². The fourth-order valence-electron chi connectivity index (χ4n) is 0.989. The van der Waals surface area contributed by atoms with Gasteiger partial charge in [-0.2, -0.15) is 0 Å². The van der Waals surface area contributed by atoms with Crippen molar-refractivity contribution < 1.29 is 18.9 Å². The van der Waals surface area contributed by atoms with E-state index in [4.69, 9.17) is 18.9 Å². The Morgan fingerprint density at radius 1 is 1.13 bits per heavy atom. The molecular weight excluding hydrogens is 196 g/mol. The van der Waals surface area contributed by atoms with Crippen molar-refractivity contribution in [2.24, 2.45) is 0 Å². The minimum atomic E-state index is -0.234. The molecule has 0 aromatic rings. The van der Waals surface area contributed by atoms with Gasteiger partial charge >= 0.3 is 0 Å². The maximum absolute atomic E-state index is 5.34. The van der Waals surface area contributed by atoms with E-state index in [2.05, 4.69) is 0 Å². The van der Waals surface area contributed by atoms with E-state index >= 15 is 0 Å². The summed E-state index contributed by atoms with van der Waals surface area (Å²) < 4.78 is 20.6. The van der Waals surface area contributed by atoms with Gasteiger partial charge in [-0.15, -0.1) is 0 Å². The van der Waals surface area contributed by atoms with Crippen molar-refractivity contribution in [3.63, 3.8) is 0 Å². The van der Waals surface area contributed by atoms with Crippen LogP contribution in [0, 0.1) is 0 Å². The lowest BCUT2D eigenvalue weighted by atomic mass is 10.4. The summed E-state index contributed by atoms with van der Waals surface area (Å²) in [4.78, 5) is 0. The van der Waals surface area contributed by atoms with Crippen LogP contribution < -0.4 is 0 Å². The van der Waals surface area contributed by atoms with Crippen LogP contribution in [-0.4, -0.2) is 40.0 Å². The molecule has 15 heavy (non-hydrogen) atoms. The molecule has 0 heterocycles. The van der Waals surface area contributed by atoms with Gasteiger partial charge in [0.2, 0.25) is 0 Å². The van der Waals surface area contributed by atoms with E-state index in [0.29, 0.717) is 26.6 Å². The molecular formula is C11H22O4. The van der Waals surface area contributed by atoms with Gasteiger partial charge in [0, 0.05) is 20.3 Å². The molecule has 0 saturated heterocycles. The van der Waals surface area contributed by atoms with Crippen LogP contribution in [0.5, 0.6) is 0 Å². The summed E-state index contributed by atoms with van der Waals surface area (Å²) in [6.45, 7) is 6.18. The topological polar surface area (TPSA) is 36.9 Å². The smallest absolute Gasteiger partial charge is 0.176 e. The van der Waals surface area contributed by atoms with Gasteiger partial charge in [0.25, 0.3) is 0 Å². The molecule has 0 unspecified atom stereocenters. The SMILES string of the molecule is CCOC(C=CCCOCOC)OCC. The van der Waals surface area contributed by atoms with Crippen molar-refractivity contribution in [3.8, 4) is 0 Å². The van der Waals surface area contributed by atoms with Crippen LogP contribution in [-0.2, 0) is 18.9 Å². The minimum absolute atomic E-state index is 0.234. The zero-order chi connectivity index (χ0) is 11.4. The fourth-order valence-corrected chi connectivity index (χ4v) is 0.989. The van der Waals surface area contributed by atoms with Crippen molar-refractivity contribution in [1.29, 1.82) is 0 Å². The van der Waals surface area contributed by atoms with E-state index in [9.17, 15) is 0 Å². The molecule has 0 spiro atoms. The predicted molar refractivity (Wildman–Crippen MR) is 58.6 cm³/mol. The average molecular weight is 218 g/mol. The number of ether oxygens (including phenoxy) is 4. The predicted octanol–water partition coefficient (Wildman–Crippen LogP) is 1.95. The van der Waals surface area contributed by atoms with Gasteiger partial charge in [-0.25, -0.2) is 0 Å². The van der Waals surface area contributed by atoms with Crippen molar-refractivity contribution in [1.82, 2.24) is 0 Å². The van der Waals surface area contributed by atoms with Gasteiger partial charge in [0.05, 0.1) is 6.61 Å². The minimum Gasteiger partial charge on any atom is -0.359 e. The van der Waals surface area contributed by atoms with Crippen LogP contribution in [0.3, 0.4) is 0 Å². The highest BCUT2D eigenvalue weighted by Crippen LogP contribution is 1.98. The number of hydrogen-bond acceptors (Lipinski definition) is 4. The first kappa shape index (κ1) is 14.6. The first-order chi connectivity index (χ1) is 7.35. The second-order valence-corrected chi connectivity index (χ2v) is 2.81. The number of rotatable bonds is 10. The molecule has 0 aliphatic heterocycles. The Morgan fingerprint density at radius 2 is 1.80 bits per heavy atom. The van der Waals surface area contributed by atoms with Crippen molar-refractivity contribution in [2.75, 3.05) is 33.7 Å². The molecule has 0 atom stereocenters. The molecule has 0 aromatic heterocycles. The van der Waals surface area contributed by atoms with E-state index < -0.39 is 0 Å². The fraction of sp³-hybridized carbons (Fsp3) is 0.818. The van der Waals surface area contributed by atoms with Gasteiger partial charge in [-0.05, 0) is 26.3 Å². The molecule has 0 rings (SSSR count). The lowest BCUT2D eigenvalue weighted by molar-refractivity contribution is -0.104. The largest absolute Gasteiger partial charge is 0.359 e. The summed E-state index contributed by atoms with van der Waals surface area (Å²) in [6.07, 6.45) is 4.50. The van der Waals surface area contributed by atoms with Gasteiger partial charge in [-0.1, -0.05) is 6.08 Å². The van der Waals surface area contributed by atoms with Crippen LogP contribution in [0.1, 0.15) is 20.3 Å². The second kappa shape index (κ2) is 11.7. The quantitative estimate of drug-likeness (QED) is 0.319. The second-order valence-electron chi connectivity index (χ2n) is 2.81. The maximum atomic E-state index is 5.34. The third-order valence-electron chi connectivity index (χ3n) is 1.59. The monoisotopic (exact) mass is 218 g/mol. The molecule has 0 aliphatic carbocycles. The molecule has 4 heteroatoms. The number of methoxy groups -OCH3 is 1. The molecule has 0 fully saturated rings. The molecule has 90 valence electrons. The molecule has 0 bridgehead atoms. The molecule has 0 aliphatic rings. The van der Waals surface area contributed by atoms with Crippen LogP contribution in [0.4, 0.5) is 0 Å². The highest BCUT2D eigenvalue weighted by Gasteiger charge is 2.00. The maximum Gasteiger partial charge on any atom is 0.176 e. The van der Waals surface area contributed by atoms with E-state index in [1.807, 2.05) is 26.0 Å². The lowest BCUT2D eigenvalue weighted by Gasteiger charge is -2.12. The van der Waals surface area contributed by atoms with Crippen LogP contribution in [0.15, 0.2) is 12.2 Å². The summed E-state index contributed by atoms with van der Waals surface area (Å²) in [5.74, 6) is 0. The third kappa shape index (κ3) is 9.87. The van der Waals surface area contributed by atoms with Gasteiger partial charge in [-0.3, -0.25) is 0 Å². The Kier molecular flexibility index (Phi) is 11.3. The van der Waals surface area contributed by atoms with E-state index in [-0.39, 0.29) is 6.29 Å². The Morgan fingerprint density at radius 3 is 2.33 bits per heavy atom. The summed E-state index contributed by atoms with van der Waals surface area (Å²) in [5.41, 5.74) is 0.